The molecule has 1 saturated carbocycles. The zero-order valence-electron chi connectivity index (χ0n) is 19.2. The molecular weight excluding hydrogens is 666 g/mol. The van der Waals surface area contributed by atoms with Crippen LogP contribution < -0.4 is 0 Å². The van der Waals surface area contributed by atoms with Crippen LogP contribution >= 0.6 is 0 Å². The van der Waals surface area contributed by atoms with Crippen LogP contribution in [0.5, 0.6) is 0 Å². The molecule has 0 radical (unpaired) electrons. The largest absolute Gasteiger partial charge is 0.507 e. The molecule has 0 bridgehead atoms. The van der Waals surface area contributed by atoms with Gasteiger partial charge in [-0.2, -0.15) is 83.4 Å². The molecule has 1 aromatic rings. The predicted octanol–water partition coefficient (Wildman–Crippen LogP) is 8.20. The number of halogens is 20. The molecular formula is C20H5F20NO2. The van der Waals surface area contributed by atoms with E-state index in [1.807, 2.05) is 4.99 Å². The van der Waals surface area contributed by atoms with Gasteiger partial charge in [0, 0.05) is 17.6 Å². The molecule has 3 nitrogen and oxygen atoms in total. The molecule has 1 N–H and O–H groups in total. The van der Waals surface area contributed by atoms with E-state index >= 15 is 4.39 Å². The molecule has 0 spiro atoms. The first-order valence-corrected chi connectivity index (χ1v) is 10.3. The van der Waals surface area contributed by atoms with E-state index in [1.54, 1.807) is 0 Å². The van der Waals surface area contributed by atoms with Crippen molar-refractivity contribution in [2.75, 3.05) is 0 Å². The third-order valence-electron chi connectivity index (χ3n) is 6.25. The molecule has 0 aliphatic heterocycles. The number of aliphatic hydroxyl groups excluding tert-OH is 1. The van der Waals surface area contributed by atoms with E-state index in [-0.39, 0.29) is 0 Å². The first-order chi connectivity index (χ1) is 18.7. The number of hydrogen-bond donors (Lipinski definition) is 1. The van der Waals surface area contributed by atoms with Gasteiger partial charge in [-0.15, -0.1) is 0 Å². The molecule has 43 heavy (non-hydrogen) atoms. The number of rotatable bonds is 3. The fraction of sp³-hybridized carbons (Fsp3) is 0.500. The van der Waals surface area contributed by atoms with E-state index in [2.05, 4.69) is 0 Å². The summed E-state index contributed by atoms with van der Waals surface area (Å²) in [5.41, 5.74) is -22.1. The predicted molar refractivity (Wildman–Crippen MR) is 97.5 cm³/mol. The van der Waals surface area contributed by atoms with Crippen molar-refractivity contribution >= 4 is 22.9 Å². The molecule has 0 atom stereocenters. The first-order valence-electron chi connectivity index (χ1n) is 10.3. The average Bonchev–Trinajstić information content (AvgIpc) is 3.14. The summed E-state index contributed by atoms with van der Waals surface area (Å²) in [7, 11) is 0. The fourth-order valence-electron chi connectivity index (χ4n) is 4.05. The average molecular weight is 671 g/mol. The normalized spacial score (nSPS) is 23.5. The topological polar surface area (TPSA) is 49.7 Å². The maximum absolute atomic E-state index is 15.2. The molecule has 0 aromatic heterocycles. The number of nitrogens with zero attached hydrogens (tertiary/aromatic N) is 1. The van der Waals surface area contributed by atoms with Crippen LogP contribution in [0.15, 0.2) is 22.7 Å². The van der Waals surface area contributed by atoms with Gasteiger partial charge in [-0.1, -0.05) is 0 Å². The Kier molecular flexibility index (Phi) is 7.06. The summed E-state index contributed by atoms with van der Waals surface area (Å²) in [6.07, 6.45) is -21.2. The lowest BCUT2D eigenvalue weighted by atomic mass is 9.69. The summed E-state index contributed by atoms with van der Waals surface area (Å²) in [5.74, 6) is -45.8. The van der Waals surface area contributed by atoms with Gasteiger partial charge in [0.05, 0.1) is 11.3 Å². The Hall–Kier alpha value is -3.30. The number of aliphatic hydroxyl groups is 1. The lowest BCUT2D eigenvalue weighted by Gasteiger charge is -2.51. The highest BCUT2D eigenvalue weighted by atomic mass is 19.4. The molecule has 1 fully saturated rings. The van der Waals surface area contributed by atoms with Crippen molar-refractivity contribution in [3.05, 3.63) is 34.4 Å². The number of carbonyl (C=O) groups is 1. The number of allylic oxidation sites excluding steroid dienone is 1. The Morgan fingerprint density at radius 3 is 1.44 bits per heavy atom. The summed E-state index contributed by atoms with van der Waals surface area (Å²) in [5, 5.41) is 10.0. The van der Waals surface area contributed by atoms with Crippen LogP contribution in [0.4, 0.5) is 93.5 Å². The maximum Gasteiger partial charge on any atom is 0.438 e. The van der Waals surface area contributed by atoms with Gasteiger partial charge in [-0.3, -0.25) is 4.79 Å². The molecule has 0 unspecified atom stereocenters. The Morgan fingerprint density at radius 1 is 0.674 bits per heavy atom. The summed E-state index contributed by atoms with van der Waals surface area (Å²) < 4.78 is 272. The Bertz CT molecular complexity index is 1380. The van der Waals surface area contributed by atoms with E-state index < -0.39 is 118 Å². The highest BCUT2D eigenvalue weighted by molar-refractivity contribution is 6.11. The van der Waals surface area contributed by atoms with E-state index in [9.17, 15) is 93.3 Å². The second-order valence-electron chi connectivity index (χ2n) is 8.84. The van der Waals surface area contributed by atoms with Crippen LogP contribution in [0.1, 0.15) is 16.7 Å². The van der Waals surface area contributed by atoms with Gasteiger partial charge in [-0.05, 0) is 17.7 Å². The fourth-order valence-corrected chi connectivity index (χ4v) is 4.05. The van der Waals surface area contributed by atoms with Gasteiger partial charge in [0.1, 0.15) is 5.76 Å². The summed E-state index contributed by atoms with van der Waals surface area (Å²) >= 11 is 0. The summed E-state index contributed by atoms with van der Waals surface area (Å²) in [4.78, 5) is 14.4. The number of aliphatic imine (C=N–C) groups is 1. The van der Waals surface area contributed by atoms with Crippen molar-refractivity contribution in [2.24, 2.45) is 4.99 Å². The lowest BCUT2D eigenvalue weighted by Crippen LogP contribution is -2.85. The van der Waals surface area contributed by atoms with Gasteiger partial charge in [-0.25, -0.2) is 9.38 Å². The quantitative estimate of drug-likeness (QED) is 0.260. The number of fused-ring (bicyclic) bond motifs is 1. The minimum Gasteiger partial charge on any atom is -0.507 e. The molecule has 0 amide bonds. The number of carbonyl (C=O) groups excluding carboxylic acids is 1. The SMILES string of the molecule is O=C(C1=C(O)c2cc(C(F)(F)F)cc(N=C(C(F)(F)F)C(F)(F)F)c2C1)C1(F)C(F)(F)C(F)(F)C(F)(F)C(F)(F)C1(F)F. The van der Waals surface area contributed by atoms with Crippen molar-refractivity contribution in [3.8, 4) is 0 Å². The molecule has 0 saturated heterocycles. The van der Waals surface area contributed by atoms with Crippen LogP contribution in [0, 0.1) is 0 Å². The highest BCUT2D eigenvalue weighted by Crippen LogP contribution is 2.70. The Labute approximate surface area is 221 Å². The van der Waals surface area contributed by atoms with Gasteiger partial charge in [0.15, 0.2) is 0 Å². The van der Waals surface area contributed by atoms with Crippen LogP contribution in [-0.4, -0.2) is 64.2 Å². The molecule has 3 rings (SSSR count). The van der Waals surface area contributed by atoms with Crippen molar-refractivity contribution < 1.29 is 97.7 Å². The van der Waals surface area contributed by atoms with E-state index in [1.165, 1.54) is 0 Å². The van der Waals surface area contributed by atoms with Crippen molar-refractivity contribution in [3.63, 3.8) is 0 Å². The molecule has 2 aliphatic carbocycles. The van der Waals surface area contributed by atoms with Gasteiger partial charge in [0.25, 0.3) is 0 Å². The van der Waals surface area contributed by atoms with Gasteiger partial charge < -0.3 is 5.11 Å². The number of Topliss-reactive ketones (excluding diaryl/α,β-unsaturated/α-hetero) is 1. The van der Waals surface area contributed by atoms with E-state index in [0.717, 1.165) is 0 Å². The van der Waals surface area contributed by atoms with Crippen LogP contribution in [0.2, 0.25) is 0 Å². The first kappa shape index (κ1) is 34.2. The standard InChI is InChI=1S/C20H5F20NO2/c21-12(16(31,32)18(35,36)20(39,40)19(37,38)17(12,33)34)10(43)7-3-5-6(9(7)42)1-4(13(22,23)24)2-8(5)41-11(14(25,26)27)15(28,29)30/h1-2,42H,3H2. The number of alkyl halides is 20. The van der Waals surface area contributed by atoms with Crippen molar-refractivity contribution in [2.45, 2.75) is 60.2 Å². The number of hydrogen-bond acceptors (Lipinski definition) is 3. The van der Waals surface area contributed by atoms with E-state index in [0.29, 0.717) is 0 Å². The smallest absolute Gasteiger partial charge is 0.438 e. The Morgan fingerprint density at radius 2 is 1.07 bits per heavy atom. The molecule has 2 aliphatic rings. The van der Waals surface area contributed by atoms with Crippen molar-refractivity contribution in [1.29, 1.82) is 0 Å². The molecule has 1 aromatic carbocycles. The van der Waals surface area contributed by atoms with E-state index in [4.69, 9.17) is 0 Å². The second-order valence-corrected chi connectivity index (χ2v) is 8.84. The zero-order valence-corrected chi connectivity index (χ0v) is 19.2. The lowest BCUT2D eigenvalue weighted by molar-refractivity contribution is -0.475. The van der Waals surface area contributed by atoms with Crippen LogP contribution in [0.3, 0.4) is 0 Å². The molecule has 242 valence electrons. The minimum absolute atomic E-state index is 0.496. The van der Waals surface area contributed by atoms with Crippen LogP contribution in [0.25, 0.3) is 5.76 Å². The number of ketones is 1. The van der Waals surface area contributed by atoms with Crippen molar-refractivity contribution in [1.82, 2.24) is 0 Å². The second kappa shape index (κ2) is 8.88. The highest BCUT2D eigenvalue weighted by Gasteiger charge is 3.02. The van der Waals surface area contributed by atoms with Gasteiger partial charge in [0.2, 0.25) is 11.5 Å². The molecule has 23 heteroatoms. The third kappa shape index (κ3) is 4.25. The number of benzene rings is 1. The van der Waals surface area contributed by atoms with Crippen LogP contribution in [-0.2, 0) is 17.4 Å². The monoisotopic (exact) mass is 671 g/mol. The summed E-state index contributed by atoms with van der Waals surface area (Å²) in [6.45, 7) is 0. The zero-order chi connectivity index (χ0) is 33.9. The maximum atomic E-state index is 15.2. The third-order valence-corrected chi connectivity index (χ3v) is 6.25. The van der Waals surface area contributed by atoms with Gasteiger partial charge >= 0.3 is 53.8 Å². The molecule has 0 heterocycles. The minimum atomic E-state index is -7.84. The Balaban J connectivity index is 2.36. The summed E-state index contributed by atoms with van der Waals surface area (Å²) in [6, 6.07) is -1.15.